The molecule has 150 valence electrons. The van der Waals surface area contributed by atoms with Gasteiger partial charge in [0.2, 0.25) is 5.91 Å². The number of piperidine rings is 1. The average Bonchev–Trinajstić information content (AvgIpc) is 3.16. The van der Waals surface area contributed by atoms with Crippen molar-refractivity contribution in [3.63, 3.8) is 0 Å². The monoisotopic (exact) mass is 404 g/mol. The normalized spacial score (nSPS) is 14.7. The molecule has 0 bridgehead atoms. The first kappa shape index (κ1) is 20.3. The maximum Gasteiger partial charge on any atom is 0.317 e. The molecule has 3 amide bonds. The number of nitrogens with zero attached hydrogens (tertiary/aromatic N) is 2. The predicted molar refractivity (Wildman–Crippen MR) is 107 cm³/mol. The zero-order chi connectivity index (χ0) is 19.9. The molecule has 0 spiro atoms. The van der Waals surface area contributed by atoms with Crippen molar-refractivity contribution in [3.05, 3.63) is 51.7 Å². The van der Waals surface area contributed by atoms with Crippen LogP contribution in [0, 0.1) is 5.82 Å². The fourth-order valence-electron chi connectivity index (χ4n) is 3.21. The summed E-state index contributed by atoms with van der Waals surface area (Å²) in [6.45, 7) is 3.89. The quantitative estimate of drug-likeness (QED) is 0.777. The van der Waals surface area contributed by atoms with Crippen molar-refractivity contribution in [2.24, 2.45) is 0 Å². The smallest absolute Gasteiger partial charge is 0.317 e. The van der Waals surface area contributed by atoms with Gasteiger partial charge in [-0.1, -0.05) is 12.1 Å². The fraction of sp³-hybridized carbons (Fsp3) is 0.450. The first-order chi connectivity index (χ1) is 13.5. The van der Waals surface area contributed by atoms with Gasteiger partial charge in [0.25, 0.3) is 0 Å². The molecule has 0 aliphatic carbocycles. The van der Waals surface area contributed by atoms with Crippen LogP contribution in [0.4, 0.5) is 9.18 Å². The number of amides is 3. The molecule has 8 heteroatoms. The molecule has 0 unspecified atom stereocenters. The Morgan fingerprint density at radius 1 is 1.21 bits per heavy atom. The van der Waals surface area contributed by atoms with E-state index < -0.39 is 0 Å². The van der Waals surface area contributed by atoms with Crippen molar-refractivity contribution in [2.75, 3.05) is 19.6 Å². The molecule has 1 aromatic heterocycles. The van der Waals surface area contributed by atoms with Crippen molar-refractivity contribution in [1.82, 2.24) is 20.5 Å². The summed E-state index contributed by atoms with van der Waals surface area (Å²) in [5.41, 5.74) is 1.88. The van der Waals surface area contributed by atoms with E-state index in [2.05, 4.69) is 16.0 Å². The Hall–Kier alpha value is -2.48. The van der Waals surface area contributed by atoms with Crippen molar-refractivity contribution in [1.29, 1.82) is 0 Å². The Balaban J connectivity index is 1.42. The van der Waals surface area contributed by atoms with E-state index in [1.54, 1.807) is 23.5 Å². The standard InChI is InChI=1S/C20H25FN4O2S/c1-14(26)22-9-6-18-13-28-19(24-18)16-7-10-25(11-8-16)20(27)23-12-15-2-4-17(21)5-3-15/h2-5,13,16H,6-12H2,1H3,(H,22,26)(H,23,27). The molecule has 1 saturated heterocycles. The molecule has 3 rings (SSSR count). The number of hydrogen-bond donors (Lipinski definition) is 2. The lowest BCUT2D eigenvalue weighted by molar-refractivity contribution is -0.118. The maximum atomic E-state index is 12.9. The zero-order valence-corrected chi connectivity index (χ0v) is 16.7. The van der Waals surface area contributed by atoms with E-state index in [9.17, 15) is 14.0 Å². The molecule has 0 saturated carbocycles. The highest BCUT2D eigenvalue weighted by molar-refractivity contribution is 7.09. The second-order valence-corrected chi connectivity index (χ2v) is 7.85. The fourth-order valence-corrected chi connectivity index (χ4v) is 4.24. The zero-order valence-electron chi connectivity index (χ0n) is 15.9. The minimum atomic E-state index is -0.280. The van der Waals surface area contributed by atoms with Crippen molar-refractivity contribution in [3.8, 4) is 0 Å². The van der Waals surface area contributed by atoms with Gasteiger partial charge in [0.1, 0.15) is 5.82 Å². The molecule has 1 aliphatic heterocycles. The van der Waals surface area contributed by atoms with Gasteiger partial charge < -0.3 is 15.5 Å². The minimum absolute atomic E-state index is 0.0273. The summed E-state index contributed by atoms with van der Waals surface area (Å²) in [5, 5.41) is 8.85. The van der Waals surface area contributed by atoms with Crippen LogP contribution in [0.15, 0.2) is 29.6 Å². The lowest BCUT2D eigenvalue weighted by Gasteiger charge is -2.31. The van der Waals surface area contributed by atoms with E-state index in [0.29, 0.717) is 32.1 Å². The molecule has 2 heterocycles. The number of thiazole rings is 1. The first-order valence-electron chi connectivity index (χ1n) is 9.47. The van der Waals surface area contributed by atoms with Gasteiger partial charge in [-0.25, -0.2) is 14.2 Å². The van der Waals surface area contributed by atoms with Gasteiger partial charge in [-0.15, -0.1) is 11.3 Å². The molecule has 1 aromatic carbocycles. The van der Waals surface area contributed by atoms with Gasteiger partial charge in [0.15, 0.2) is 0 Å². The van der Waals surface area contributed by atoms with Crippen molar-refractivity contribution < 1.29 is 14.0 Å². The summed E-state index contributed by atoms with van der Waals surface area (Å²) in [5.74, 6) is 0.0683. The lowest BCUT2D eigenvalue weighted by atomic mass is 9.98. The van der Waals surface area contributed by atoms with Crippen LogP contribution in [-0.2, 0) is 17.8 Å². The second-order valence-electron chi connectivity index (χ2n) is 6.96. The van der Waals surface area contributed by atoms with Crippen LogP contribution in [-0.4, -0.2) is 41.5 Å². The average molecular weight is 405 g/mol. The number of nitrogens with one attached hydrogen (secondary N) is 2. The maximum absolute atomic E-state index is 12.9. The summed E-state index contributed by atoms with van der Waals surface area (Å²) < 4.78 is 12.9. The van der Waals surface area contributed by atoms with Crippen LogP contribution in [0.3, 0.4) is 0 Å². The van der Waals surface area contributed by atoms with Gasteiger partial charge in [-0.2, -0.15) is 0 Å². The van der Waals surface area contributed by atoms with E-state index in [1.807, 2.05) is 4.90 Å². The number of urea groups is 1. The Kier molecular flexibility index (Phi) is 6.97. The summed E-state index contributed by atoms with van der Waals surface area (Å²) >= 11 is 1.66. The van der Waals surface area contributed by atoms with Gasteiger partial charge in [-0.05, 0) is 30.5 Å². The van der Waals surface area contributed by atoms with Gasteiger partial charge in [0.05, 0.1) is 10.7 Å². The highest BCUT2D eigenvalue weighted by Crippen LogP contribution is 2.30. The Morgan fingerprint density at radius 2 is 1.93 bits per heavy atom. The van der Waals surface area contributed by atoms with Gasteiger partial charge in [-0.3, -0.25) is 4.79 Å². The summed E-state index contributed by atoms with van der Waals surface area (Å²) in [4.78, 5) is 29.8. The summed E-state index contributed by atoms with van der Waals surface area (Å²) in [6.07, 6.45) is 2.52. The molecule has 2 N–H and O–H groups in total. The van der Waals surface area contributed by atoms with E-state index >= 15 is 0 Å². The van der Waals surface area contributed by atoms with Crippen LogP contribution >= 0.6 is 11.3 Å². The van der Waals surface area contributed by atoms with Crippen LogP contribution in [0.5, 0.6) is 0 Å². The molecule has 0 atom stereocenters. The van der Waals surface area contributed by atoms with E-state index in [1.165, 1.54) is 19.1 Å². The number of aromatic nitrogens is 1. The highest BCUT2D eigenvalue weighted by atomic mass is 32.1. The molecule has 0 radical (unpaired) electrons. The second kappa shape index (κ2) is 9.64. The molecular formula is C20H25FN4O2S. The number of hydrogen-bond acceptors (Lipinski definition) is 4. The van der Waals surface area contributed by atoms with Crippen LogP contribution < -0.4 is 10.6 Å². The Bertz CT molecular complexity index is 801. The van der Waals surface area contributed by atoms with Crippen LogP contribution in [0.1, 0.15) is 41.9 Å². The third-order valence-electron chi connectivity index (χ3n) is 4.81. The van der Waals surface area contributed by atoms with E-state index in [-0.39, 0.29) is 17.8 Å². The van der Waals surface area contributed by atoms with Crippen LogP contribution in [0.25, 0.3) is 0 Å². The number of likely N-dealkylation sites (tertiary alicyclic amines) is 1. The predicted octanol–water partition coefficient (Wildman–Crippen LogP) is 3.05. The van der Waals surface area contributed by atoms with E-state index in [4.69, 9.17) is 4.98 Å². The van der Waals surface area contributed by atoms with Crippen molar-refractivity contribution >= 4 is 23.3 Å². The highest BCUT2D eigenvalue weighted by Gasteiger charge is 2.25. The molecule has 1 aliphatic rings. The molecular weight excluding hydrogens is 379 g/mol. The largest absolute Gasteiger partial charge is 0.356 e. The lowest BCUT2D eigenvalue weighted by Crippen LogP contribution is -2.43. The summed E-state index contributed by atoms with van der Waals surface area (Å²) in [7, 11) is 0. The van der Waals surface area contributed by atoms with Crippen molar-refractivity contribution in [2.45, 2.75) is 38.6 Å². The number of carbonyl (C=O) groups is 2. The summed E-state index contributed by atoms with van der Waals surface area (Å²) in [6, 6.07) is 6.05. The SMILES string of the molecule is CC(=O)NCCc1csc(C2CCN(C(=O)NCc3ccc(F)cc3)CC2)n1. The first-order valence-corrected chi connectivity index (χ1v) is 10.3. The van der Waals surface area contributed by atoms with Gasteiger partial charge in [0, 0.05) is 50.8 Å². The number of benzene rings is 1. The van der Waals surface area contributed by atoms with E-state index in [0.717, 1.165) is 35.5 Å². The van der Waals surface area contributed by atoms with Gasteiger partial charge >= 0.3 is 6.03 Å². The minimum Gasteiger partial charge on any atom is -0.356 e. The Labute approximate surface area is 168 Å². The molecule has 6 nitrogen and oxygen atoms in total. The molecule has 2 aromatic rings. The number of carbonyl (C=O) groups excluding carboxylic acids is 2. The topological polar surface area (TPSA) is 74.3 Å². The number of halogens is 1. The third kappa shape index (κ3) is 5.76. The Morgan fingerprint density at radius 3 is 2.61 bits per heavy atom. The third-order valence-corrected chi connectivity index (χ3v) is 5.87. The molecule has 28 heavy (non-hydrogen) atoms. The number of rotatable bonds is 6. The van der Waals surface area contributed by atoms with Crippen LogP contribution in [0.2, 0.25) is 0 Å². The molecule has 1 fully saturated rings.